The van der Waals surface area contributed by atoms with Crippen LogP contribution in [0.5, 0.6) is 0 Å². The van der Waals surface area contributed by atoms with Crippen LogP contribution in [0.4, 0.5) is 5.69 Å². The van der Waals surface area contributed by atoms with Gasteiger partial charge in [-0.05, 0) is 35.6 Å². The average Bonchev–Trinajstić information content (AvgIpc) is 2.16. The fourth-order valence-corrected chi connectivity index (χ4v) is 1.65. The van der Waals surface area contributed by atoms with Crippen molar-refractivity contribution >= 4 is 11.8 Å². The molecule has 1 aromatic rings. The molecule has 2 N–H and O–H groups in total. The summed E-state index contributed by atoms with van der Waals surface area (Å²) in [5, 5.41) is 0. The molecule has 1 heteroatoms. The number of anilines is 1. The summed E-state index contributed by atoms with van der Waals surface area (Å²) in [5.74, 6) is 0. The lowest BCUT2D eigenvalue weighted by Crippen LogP contribution is -1.99. The minimum atomic E-state index is 0.900. The highest BCUT2D eigenvalue weighted by Crippen LogP contribution is 2.21. The van der Waals surface area contributed by atoms with Crippen LogP contribution in [-0.4, -0.2) is 0 Å². The molecule has 70 valence electrons. The van der Waals surface area contributed by atoms with Crippen molar-refractivity contribution in [1.29, 1.82) is 0 Å². The zero-order chi connectivity index (χ0) is 9.84. The maximum absolute atomic E-state index is 5.94. The molecule has 0 spiro atoms. The lowest BCUT2D eigenvalue weighted by Gasteiger charge is -2.10. The Bertz CT molecular complexity index is 313. The Labute approximate surface area is 80.3 Å². The van der Waals surface area contributed by atoms with E-state index in [0.29, 0.717) is 0 Å². The highest BCUT2D eigenvalue weighted by molar-refractivity contribution is 5.61. The molecule has 1 aromatic carbocycles. The molecular weight excluding hydrogens is 158 g/mol. The summed E-state index contributed by atoms with van der Waals surface area (Å²) in [6.45, 7) is 8.04. The Morgan fingerprint density at radius 1 is 1.31 bits per heavy atom. The molecular formula is C12H17N. The van der Waals surface area contributed by atoms with Crippen LogP contribution in [0.3, 0.4) is 0 Å². The molecule has 0 atom stereocenters. The van der Waals surface area contributed by atoms with Crippen LogP contribution in [0, 0.1) is 0 Å². The van der Waals surface area contributed by atoms with Crippen molar-refractivity contribution < 1.29 is 0 Å². The predicted molar refractivity (Wildman–Crippen MR) is 59.7 cm³/mol. The van der Waals surface area contributed by atoms with Gasteiger partial charge in [-0.1, -0.05) is 32.6 Å². The Balaban J connectivity index is 3.28. The molecule has 0 unspecified atom stereocenters. The van der Waals surface area contributed by atoms with Gasteiger partial charge in [0.2, 0.25) is 0 Å². The second-order valence-electron chi connectivity index (χ2n) is 3.16. The normalized spacial score (nSPS) is 10.0. The van der Waals surface area contributed by atoms with Crippen LogP contribution in [0.1, 0.15) is 30.5 Å². The monoisotopic (exact) mass is 175 g/mol. The molecule has 1 nitrogen and oxygen atoms in total. The molecule has 0 heterocycles. The topological polar surface area (TPSA) is 26.0 Å². The number of hydrogen-bond acceptors (Lipinski definition) is 1. The van der Waals surface area contributed by atoms with Gasteiger partial charge in [0, 0.05) is 5.69 Å². The Morgan fingerprint density at radius 2 is 2.00 bits per heavy atom. The third kappa shape index (κ3) is 1.92. The van der Waals surface area contributed by atoms with E-state index in [2.05, 4.69) is 26.5 Å². The summed E-state index contributed by atoms with van der Waals surface area (Å²) in [6, 6.07) is 4.16. The molecule has 0 amide bonds. The van der Waals surface area contributed by atoms with Crippen molar-refractivity contribution in [3.05, 3.63) is 35.4 Å². The van der Waals surface area contributed by atoms with E-state index in [4.69, 9.17) is 5.73 Å². The van der Waals surface area contributed by atoms with E-state index in [1.54, 1.807) is 0 Å². The van der Waals surface area contributed by atoms with E-state index in [1.807, 2.05) is 12.1 Å². The first kappa shape index (κ1) is 9.85. The average molecular weight is 175 g/mol. The summed E-state index contributed by atoms with van der Waals surface area (Å²) in [6.07, 6.45) is 3.89. The molecule has 0 saturated heterocycles. The van der Waals surface area contributed by atoms with E-state index in [9.17, 15) is 0 Å². The number of rotatable bonds is 3. The van der Waals surface area contributed by atoms with Gasteiger partial charge in [-0.2, -0.15) is 0 Å². The van der Waals surface area contributed by atoms with Crippen molar-refractivity contribution in [1.82, 2.24) is 0 Å². The van der Waals surface area contributed by atoms with Gasteiger partial charge in [-0.15, -0.1) is 0 Å². The maximum Gasteiger partial charge on any atom is 0.0355 e. The smallest absolute Gasteiger partial charge is 0.0355 e. The van der Waals surface area contributed by atoms with E-state index >= 15 is 0 Å². The SMILES string of the molecule is C=Cc1cc(N)c(CC)c(CC)c1. The third-order valence-corrected chi connectivity index (χ3v) is 2.37. The molecule has 0 aliphatic carbocycles. The number of hydrogen-bond donors (Lipinski definition) is 1. The van der Waals surface area contributed by atoms with Crippen LogP contribution < -0.4 is 5.73 Å². The van der Waals surface area contributed by atoms with Crippen LogP contribution in [0.25, 0.3) is 6.08 Å². The van der Waals surface area contributed by atoms with E-state index in [1.165, 1.54) is 11.1 Å². The Morgan fingerprint density at radius 3 is 2.46 bits per heavy atom. The van der Waals surface area contributed by atoms with Crippen molar-refractivity contribution in [3.8, 4) is 0 Å². The van der Waals surface area contributed by atoms with Crippen LogP contribution in [-0.2, 0) is 12.8 Å². The summed E-state index contributed by atoms with van der Waals surface area (Å²) >= 11 is 0. The molecule has 0 bridgehead atoms. The number of aryl methyl sites for hydroxylation is 1. The van der Waals surface area contributed by atoms with Crippen molar-refractivity contribution in [3.63, 3.8) is 0 Å². The standard InChI is InChI=1S/C12H17N/c1-4-9-7-10(5-2)11(6-3)12(13)8-9/h4,7-8H,1,5-6,13H2,2-3H3. The van der Waals surface area contributed by atoms with Gasteiger partial charge in [0.1, 0.15) is 0 Å². The quantitative estimate of drug-likeness (QED) is 0.702. The van der Waals surface area contributed by atoms with E-state index < -0.39 is 0 Å². The van der Waals surface area contributed by atoms with Gasteiger partial charge in [-0.25, -0.2) is 0 Å². The second kappa shape index (κ2) is 4.13. The molecule has 0 saturated carbocycles. The number of benzene rings is 1. The predicted octanol–water partition coefficient (Wildman–Crippen LogP) is 3.04. The second-order valence-corrected chi connectivity index (χ2v) is 3.16. The summed E-state index contributed by atoms with van der Waals surface area (Å²) < 4.78 is 0. The zero-order valence-corrected chi connectivity index (χ0v) is 8.43. The highest BCUT2D eigenvalue weighted by atomic mass is 14.6. The van der Waals surface area contributed by atoms with Gasteiger partial charge in [0.25, 0.3) is 0 Å². The lowest BCUT2D eigenvalue weighted by atomic mass is 9.98. The van der Waals surface area contributed by atoms with Gasteiger partial charge in [0.15, 0.2) is 0 Å². The Kier molecular flexibility index (Phi) is 3.13. The fraction of sp³-hybridized carbons (Fsp3) is 0.333. The first-order valence-corrected chi connectivity index (χ1v) is 4.76. The summed E-state index contributed by atoms with van der Waals surface area (Å²) in [4.78, 5) is 0. The van der Waals surface area contributed by atoms with E-state index in [-0.39, 0.29) is 0 Å². The van der Waals surface area contributed by atoms with Gasteiger partial charge in [0.05, 0.1) is 0 Å². The molecule has 0 radical (unpaired) electrons. The van der Waals surface area contributed by atoms with Crippen molar-refractivity contribution in [2.45, 2.75) is 26.7 Å². The highest BCUT2D eigenvalue weighted by Gasteiger charge is 2.03. The number of nitrogens with two attached hydrogens (primary N) is 1. The summed E-state index contributed by atoms with van der Waals surface area (Å²) in [7, 11) is 0. The zero-order valence-electron chi connectivity index (χ0n) is 8.43. The molecule has 0 fully saturated rings. The van der Waals surface area contributed by atoms with Crippen molar-refractivity contribution in [2.75, 3.05) is 5.73 Å². The summed E-state index contributed by atoms with van der Waals surface area (Å²) in [5.41, 5.74) is 10.6. The maximum atomic E-state index is 5.94. The molecule has 0 aliphatic rings. The van der Waals surface area contributed by atoms with Crippen molar-refractivity contribution in [2.24, 2.45) is 0 Å². The van der Waals surface area contributed by atoms with E-state index in [0.717, 1.165) is 24.1 Å². The number of nitrogen functional groups attached to an aromatic ring is 1. The largest absolute Gasteiger partial charge is 0.398 e. The van der Waals surface area contributed by atoms with Crippen LogP contribution >= 0.6 is 0 Å². The van der Waals surface area contributed by atoms with Crippen LogP contribution in [0.15, 0.2) is 18.7 Å². The fourth-order valence-electron chi connectivity index (χ4n) is 1.65. The first-order valence-electron chi connectivity index (χ1n) is 4.76. The molecule has 13 heavy (non-hydrogen) atoms. The van der Waals surface area contributed by atoms with Gasteiger partial charge < -0.3 is 5.73 Å². The molecule has 1 rings (SSSR count). The molecule has 0 aromatic heterocycles. The minimum Gasteiger partial charge on any atom is -0.398 e. The Hall–Kier alpha value is -1.24. The van der Waals surface area contributed by atoms with Crippen LogP contribution in [0.2, 0.25) is 0 Å². The third-order valence-electron chi connectivity index (χ3n) is 2.37. The minimum absolute atomic E-state index is 0.900. The van der Waals surface area contributed by atoms with Gasteiger partial charge >= 0.3 is 0 Å². The van der Waals surface area contributed by atoms with Gasteiger partial charge in [-0.3, -0.25) is 0 Å². The first-order chi connectivity index (χ1) is 6.22. The lowest BCUT2D eigenvalue weighted by molar-refractivity contribution is 1.04. The molecule has 0 aliphatic heterocycles.